The molecule has 25 heavy (non-hydrogen) atoms. The number of carbonyl (C=O) groups excluding carboxylic acids is 2. The molecule has 0 saturated heterocycles. The van der Waals surface area contributed by atoms with E-state index in [0.717, 1.165) is 11.1 Å². The van der Waals surface area contributed by atoms with Gasteiger partial charge in [0.05, 0.1) is 13.7 Å². The molecule has 132 valence electrons. The largest absolute Gasteiger partial charge is 0.467 e. The van der Waals surface area contributed by atoms with Crippen LogP contribution in [0.1, 0.15) is 18.1 Å². The maximum absolute atomic E-state index is 12.3. The number of amides is 1. The first-order valence-corrected chi connectivity index (χ1v) is 8.18. The first kappa shape index (κ1) is 18.7. The lowest BCUT2D eigenvalue weighted by molar-refractivity contribution is -0.147. The van der Waals surface area contributed by atoms with Crippen molar-refractivity contribution in [3.05, 3.63) is 71.8 Å². The Labute approximate surface area is 148 Å². The minimum Gasteiger partial charge on any atom is -0.467 e. The highest BCUT2D eigenvalue weighted by Gasteiger charge is 2.24. The van der Waals surface area contributed by atoms with Crippen molar-refractivity contribution in [1.82, 2.24) is 5.32 Å². The van der Waals surface area contributed by atoms with Gasteiger partial charge in [-0.15, -0.1) is 0 Å². The smallest absolute Gasteiger partial charge is 0.328 e. The highest BCUT2D eigenvalue weighted by molar-refractivity contribution is 5.86. The van der Waals surface area contributed by atoms with Crippen LogP contribution >= 0.6 is 0 Å². The summed E-state index contributed by atoms with van der Waals surface area (Å²) in [4.78, 5) is 24.3. The van der Waals surface area contributed by atoms with Gasteiger partial charge in [0.25, 0.3) is 0 Å². The number of ether oxygens (including phenoxy) is 2. The first-order valence-electron chi connectivity index (χ1n) is 8.18. The van der Waals surface area contributed by atoms with Crippen LogP contribution in [0.3, 0.4) is 0 Å². The molecule has 0 spiro atoms. The summed E-state index contributed by atoms with van der Waals surface area (Å²) in [7, 11) is 1.31. The van der Waals surface area contributed by atoms with Crippen LogP contribution in [0.15, 0.2) is 60.7 Å². The third-order valence-corrected chi connectivity index (χ3v) is 3.80. The van der Waals surface area contributed by atoms with Crippen LogP contribution in [0.4, 0.5) is 0 Å². The van der Waals surface area contributed by atoms with Crippen LogP contribution in [0.5, 0.6) is 0 Å². The number of carbonyl (C=O) groups is 2. The molecule has 0 saturated carbocycles. The van der Waals surface area contributed by atoms with Gasteiger partial charge in [-0.25, -0.2) is 4.79 Å². The molecule has 5 nitrogen and oxygen atoms in total. The molecule has 0 fully saturated rings. The monoisotopic (exact) mass is 341 g/mol. The number of rotatable bonds is 8. The number of benzene rings is 2. The molecule has 0 aliphatic carbocycles. The van der Waals surface area contributed by atoms with E-state index < -0.39 is 18.1 Å². The molecule has 2 atom stereocenters. The molecular formula is C20H23NO4. The fourth-order valence-electron chi connectivity index (χ4n) is 2.35. The second-order valence-electron chi connectivity index (χ2n) is 5.71. The van der Waals surface area contributed by atoms with Gasteiger partial charge in [-0.3, -0.25) is 4.79 Å². The molecule has 2 rings (SSSR count). The molecule has 1 N–H and O–H groups in total. The molecule has 0 heterocycles. The number of nitrogens with one attached hydrogen (secondary N) is 1. The molecular weight excluding hydrogens is 318 g/mol. The van der Waals surface area contributed by atoms with Crippen LogP contribution in [-0.2, 0) is 32.1 Å². The average Bonchev–Trinajstić information content (AvgIpc) is 2.66. The van der Waals surface area contributed by atoms with E-state index in [1.807, 2.05) is 60.7 Å². The minimum atomic E-state index is -0.748. The zero-order valence-corrected chi connectivity index (χ0v) is 14.5. The molecule has 2 aromatic carbocycles. The Morgan fingerprint density at radius 3 is 2.08 bits per heavy atom. The summed E-state index contributed by atoms with van der Waals surface area (Å²) in [6.07, 6.45) is -0.312. The number of hydrogen-bond acceptors (Lipinski definition) is 4. The van der Waals surface area contributed by atoms with Gasteiger partial charge in [0.1, 0.15) is 12.1 Å². The molecule has 0 aliphatic rings. The Hall–Kier alpha value is -2.66. The summed E-state index contributed by atoms with van der Waals surface area (Å²) in [5, 5.41) is 2.71. The van der Waals surface area contributed by atoms with Gasteiger partial charge in [0.15, 0.2) is 0 Å². The summed E-state index contributed by atoms with van der Waals surface area (Å²) in [5.74, 6) is -0.824. The van der Waals surface area contributed by atoms with E-state index in [2.05, 4.69) is 5.32 Å². The highest BCUT2D eigenvalue weighted by atomic mass is 16.5. The number of hydrogen-bond donors (Lipinski definition) is 1. The second kappa shape index (κ2) is 9.59. The van der Waals surface area contributed by atoms with Crippen molar-refractivity contribution in [2.75, 3.05) is 7.11 Å². The third kappa shape index (κ3) is 6.04. The topological polar surface area (TPSA) is 64.6 Å². The van der Waals surface area contributed by atoms with Gasteiger partial charge in [0, 0.05) is 6.42 Å². The normalized spacial score (nSPS) is 12.9. The van der Waals surface area contributed by atoms with E-state index in [4.69, 9.17) is 9.47 Å². The van der Waals surface area contributed by atoms with Crippen LogP contribution in [0.25, 0.3) is 0 Å². The molecule has 0 aliphatic heterocycles. The van der Waals surface area contributed by atoms with E-state index in [1.54, 1.807) is 6.92 Å². The molecule has 2 aromatic rings. The minimum absolute atomic E-state index is 0.330. The summed E-state index contributed by atoms with van der Waals surface area (Å²) >= 11 is 0. The summed E-state index contributed by atoms with van der Waals surface area (Å²) < 4.78 is 10.4. The summed E-state index contributed by atoms with van der Waals surface area (Å²) in [6, 6.07) is 18.3. The van der Waals surface area contributed by atoms with Crippen LogP contribution < -0.4 is 5.32 Å². The second-order valence-corrected chi connectivity index (χ2v) is 5.71. The SMILES string of the molecule is COC(=O)[C@@H](Cc1ccccc1)NC(=O)[C@@H](C)OCc1ccccc1. The van der Waals surface area contributed by atoms with E-state index >= 15 is 0 Å². The van der Waals surface area contributed by atoms with E-state index in [0.29, 0.717) is 13.0 Å². The van der Waals surface area contributed by atoms with Crippen molar-refractivity contribution in [1.29, 1.82) is 0 Å². The lowest BCUT2D eigenvalue weighted by Gasteiger charge is -2.19. The van der Waals surface area contributed by atoms with Gasteiger partial charge >= 0.3 is 5.97 Å². The van der Waals surface area contributed by atoms with Gasteiger partial charge in [-0.05, 0) is 18.1 Å². The quantitative estimate of drug-likeness (QED) is 0.749. The van der Waals surface area contributed by atoms with Gasteiger partial charge < -0.3 is 14.8 Å². The van der Waals surface area contributed by atoms with Crippen molar-refractivity contribution >= 4 is 11.9 Å². The van der Waals surface area contributed by atoms with Crippen molar-refractivity contribution in [2.45, 2.75) is 32.1 Å². The Kier molecular flexibility index (Phi) is 7.16. The van der Waals surface area contributed by atoms with Crippen LogP contribution in [-0.4, -0.2) is 31.1 Å². The van der Waals surface area contributed by atoms with E-state index in [9.17, 15) is 9.59 Å². The van der Waals surface area contributed by atoms with Crippen LogP contribution in [0, 0.1) is 0 Å². The molecule has 0 aromatic heterocycles. The number of methoxy groups -OCH3 is 1. The first-order chi connectivity index (χ1) is 12.1. The average molecular weight is 341 g/mol. The van der Waals surface area contributed by atoms with E-state index in [-0.39, 0.29) is 5.91 Å². The standard InChI is InChI=1S/C20H23NO4/c1-15(25-14-17-11-7-4-8-12-17)19(22)21-18(20(23)24-2)13-16-9-5-3-6-10-16/h3-12,15,18H,13-14H2,1-2H3,(H,21,22)/t15-,18-/m1/s1. The molecule has 0 unspecified atom stereocenters. The zero-order valence-electron chi connectivity index (χ0n) is 14.5. The predicted octanol–water partition coefficient (Wildman–Crippen LogP) is 2.49. The third-order valence-electron chi connectivity index (χ3n) is 3.80. The Morgan fingerprint density at radius 1 is 0.960 bits per heavy atom. The fraction of sp³-hybridized carbons (Fsp3) is 0.300. The fourth-order valence-corrected chi connectivity index (χ4v) is 2.35. The van der Waals surface area contributed by atoms with Gasteiger partial charge in [0.2, 0.25) is 5.91 Å². The lowest BCUT2D eigenvalue weighted by Crippen LogP contribution is -2.47. The number of esters is 1. The molecule has 0 bridgehead atoms. The molecule has 0 radical (unpaired) electrons. The zero-order chi connectivity index (χ0) is 18.1. The maximum atomic E-state index is 12.3. The molecule has 1 amide bonds. The van der Waals surface area contributed by atoms with Gasteiger partial charge in [-0.2, -0.15) is 0 Å². The summed E-state index contributed by atoms with van der Waals surface area (Å²) in [5.41, 5.74) is 1.92. The van der Waals surface area contributed by atoms with Crippen molar-refractivity contribution < 1.29 is 19.1 Å². The van der Waals surface area contributed by atoms with E-state index in [1.165, 1.54) is 7.11 Å². The Bertz CT molecular complexity index is 673. The Morgan fingerprint density at radius 2 is 1.52 bits per heavy atom. The maximum Gasteiger partial charge on any atom is 0.328 e. The van der Waals surface area contributed by atoms with Gasteiger partial charge in [-0.1, -0.05) is 60.7 Å². The van der Waals surface area contributed by atoms with Crippen LogP contribution in [0.2, 0.25) is 0 Å². The lowest BCUT2D eigenvalue weighted by atomic mass is 10.1. The Balaban J connectivity index is 1.92. The molecule has 5 heteroatoms. The van der Waals surface area contributed by atoms with Crippen molar-refractivity contribution in [3.8, 4) is 0 Å². The highest BCUT2D eigenvalue weighted by Crippen LogP contribution is 2.07. The van der Waals surface area contributed by atoms with Crippen molar-refractivity contribution in [2.24, 2.45) is 0 Å². The predicted molar refractivity (Wildman–Crippen MR) is 94.8 cm³/mol. The summed E-state index contributed by atoms with van der Waals surface area (Å²) in [6.45, 7) is 1.99. The van der Waals surface area contributed by atoms with Crippen molar-refractivity contribution in [3.63, 3.8) is 0 Å².